The number of benzene rings is 1. The van der Waals surface area contributed by atoms with E-state index in [0.29, 0.717) is 6.04 Å². The first-order valence-corrected chi connectivity index (χ1v) is 6.62. The quantitative estimate of drug-likeness (QED) is 0.919. The lowest BCUT2D eigenvalue weighted by atomic mass is 10.1. The number of hydrogen-bond donors (Lipinski definition) is 1. The van der Waals surface area contributed by atoms with Gasteiger partial charge < -0.3 is 15.0 Å². The third-order valence-electron chi connectivity index (χ3n) is 3.14. The summed E-state index contributed by atoms with van der Waals surface area (Å²) >= 11 is 5.91. The third-order valence-corrected chi connectivity index (χ3v) is 3.44. The Kier molecular flexibility index (Phi) is 4.82. The van der Waals surface area contributed by atoms with Gasteiger partial charge in [-0.25, -0.2) is 0 Å². The van der Waals surface area contributed by atoms with E-state index in [1.165, 1.54) is 6.07 Å². The Morgan fingerprint density at radius 1 is 1.47 bits per heavy atom. The van der Waals surface area contributed by atoms with Gasteiger partial charge in [0.25, 0.3) is 0 Å². The van der Waals surface area contributed by atoms with Gasteiger partial charge in [0.2, 0.25) is 0 Å². The van der Waals surface area contributed by atoms with Crippen LogP contribution >= 0.6 is 11.6 Å². The summed E-state index contributed by atoms with van der Waals surface area (Å²) in [7, 11) is 2.08. The summed E-state index contributed by atoms with van der Waals surface area (Å²) in [6, 6.07) is 5.15. The molecule has 1 saturated heterocycles. The summed E-state index contributed by atoms with van der Waals surface area (Å²) in [6.45, 7) is -0.782. The van der Waals surface area contributed by atoms with Crippen LogP contribution in [0.2, 0.25) is 5.02 Å². The van der Waals surface area contributed by atoms with Crippen molar-refractivity contribution in [2.75, 3.05) is 25.5 Å². The van der Waals surface area contributed by atoms with E-state index in [-0.39, 0.29) is 10.8 Å². The van der Waals surface area contributed by atoms with Gasteiger partial charge in [-0.2, -0.15) is 8.78 Å². The average molecular weight is 291 g/mol. The number of likely N-dealkylation sites (tertiary alicyclic amines) is 1. The van der Waals surface area contributed by atoms with E-state index in [2.05, 4.69) is 22.0 Å². The van der Waals surface area contributed by atoms with Crippen molar-refractivity contribution in [1.29, 1.82) is 0 Å². The second kappa shape index (κ2) is 6.39. The molecule has 1 N–H and O–H groups in total. The number of nitrogens with one attached hydrogen (secondary N) is 1. The zero-order valence-electron chi connectivity index (χ0n) is 10.7. The average Bonchev–Trinajstić information content (AvgIpc) is 2.32. The lowest BCUT2D eigenvalue weighted by Crippen LogP contribution is -2.39. The third kappa shape index (κ3) is 4.21. The van der Waals surface area contributed by atoms with Gasteiger partial charge in [-0.05, 0) is 44.6 Å². The molecule has 1 unspecified atom stereocenters. The number of ether oxygens (including phenoxy) is 1. The molecule has 0 spiro atoms. The Bertz CT molecular complexity index is 431. The highest BCUT2D eigenvalue weighted by molar-refractivity contribution is 6.32. The van der Waals surface area contributed by atoms with E-state index >= 15 is 0 Å². The van der Waals surface area contributed by atoms with Crippen LogP contribution in [0.1, 0.15) is 12.8 Å². The normalized spacial score (nSPS) is 20.6. The minimum atomic E-state index is -2.86. The number of halogens is 3. The molecule has 1 aliphatic heterocycles. The monoisotopic (exact) mass is 290 g/mol. The number of hydrogen-bond acceptors (Lipinski definition) is 3. The van der Waals surface area contributed by atoms with Crippen LogP contribution in [0.3, 0.4) is 0 Å². The number of alkyl halides is 2. The summed E-state index contributed by atoms with van der Waals surface area (Å²) in [6.07, 6.45) is 2.24. The first kappa shape index (κ1) is 14.3. The highest BCUT2D eigenvalue weighted by Crippen LogP contribution is 2.29. The number of likely N-dealkylation sites (N-methyl/N-ethyl adjacent to an activating group) is 1. The number of nitrogens with zero attached hydrogens (tertiary/aromatic N) is 1. The van der Waals surface area contributed by atoms with Crippen molar-refractivity contribution in [3.8, 4) is 5.75 Å². The fraction of sp³-hybridized carbons (Fsp3) is 0.538. The summed E-state index contributed by atoms with van der Waals surface area (Å²) in [5, 5.41) is 3.55. The second-order valence-electron chi connectivity index (χ2n) is 4.77. The fourth-order valence-electron chi connectivity index (χ4n) is 2.30. The van der Waals surface area contributed by atoms with Crippen molar-refractivity contribution in [3.05, 3.63) is 23.2 Å². The van der Waals surface area contributed by atoms with Gasteiger partial charge in [-0.3, -0.25) is 0 Å². The SMILES string of the molecule is CN1CCCC(Nc2ccc(OC(F)F)c(Cl)c2)C1. The van der Waals surface area contributed by atoms with Crippen LogP contribution in [0.5, 0.6) is 5.75 Å². The Morgan fingerprint density at radius 2 is 2.26 bits per heavy atom. The zero-order chi connectivity index (χ0) is 13.8. The van der Waals surface area contributed by atoms with Crippen LogP contribution in [0.4, 0.5) is 14.5 Å². The van der Waals surface area contributed by atoms with Gasteiger partial charge in [0, 0.05) is 18.3 Å². The topological polar surface area (TPSA) is 24.5 Å². The molecule has 106 valence electrons. The molecule has 0 aliphatic carbocycles. The molecule has 2 rings (SSSR count). The van der Waals surface area contributed by atoms with E-state index in [0.717, 1.165) is 31.6 Å². The smallest absolute Gasteiger partial charge is 0.387 e. The van der Waals surface area contributed by atoms with Crippen LogP contribution in [-0.4, -0.2) is 37.7 Å². The molecule has 0 radical (unpaired) electrons. The van der Waals surface area contributed by atoms with Crippen LogP contribution in [0.15, 0.2) is 18.2 Å². The number of piperidine rings is 1. The van der Waals surface area contributed by atoms with Crippen molar-refractivity contribution in [2.24, 2.45) is 0 Å². The molecule has 1 aromatic carbocycles. The Labute approximate surface area is 116 Å². The summed E-state index contributed by atoms with van der Waals surface area (Å²) in [4.78, 5) is 2.26. The molecule has 1 aromatic rings. The number of anilines is 1. The molecule has 19 heavy (non-hydrogen) atoms. The Hall–Kier alpha value is -1.07. The van der Waals surface area contributed by atoms with Gasteiger partial charge in [-0.1, -0.05) is 11.6 Å². The molecule has 3 nitrogen and oxygen atoms in total. The second-order valence-corrected chi connectivity index (χ2v) is 5.18. The molecule has 0 aromatic heterocycles. The minimum absolute atomic E-state index is 0.00276. The highest BCUT2D eigenvalue weighted by atomic mass is 35.5. The summed E-state index contributed by atoms with van der Waals surface area (Å²) < 4.78 is 28.5. The van der Waals surface area contributed by atoms with Crippen molar-refractivity contribution >= 4 is 17.3 Å². The molecule has 1 fully saturated rings. The standard InChI is InChI=1S/C13H17ClF2N2O/c1-18-6-2-3-10(8-18)17-9-4-5-12(11(14)7-9)19-13(15)16/h4-5,7,10,13,17H,2-3,6,8H2,1H3. The molecule has 1 aliphatic rings. The minimum Gasteiger partial charge on any atom is -0.433 e. The van der Waals surface area contributed by atoms with Crippen LogP contribution in [0, 0.1) is 0 Å². The summed E-state index contributed by atoms with van der Waals surface area (Å²) in [5.74, 6) is 0.00276. The predicted octanol–water partition coefficient (Wildman–Crippen LogP) is 3.45. The first-order chi connectivity index (χ1) is 9.04. The first-order valence-electron chi connectivity index (χ1n) is 6.24. The molecular formula is C13H17ClF2N2O. The molecule has 6 heteroatoms. The van der Waals surface area contributed by atoms with E-state index < -0.39 is 6.61 Å². The van der Waals surface area contributed by atoms with E-state index in [9.17, 15) is 8.78 Å². The van der Waals surface area contributed by atoms with Gasteiger partial charge in [-0.15, -0.1) is 0 Å². The zero-order valence-corrected chi connectivity index (χ0v) is 11.5. The van der Waals surface area contributed by atoms with Crippen molar-refractivity contribution < 1.29 is 13.5 Å². The Morgan fingerprint density at radius 3 is 2.89 bits per heavy atom. The number of rotatable bonds is 4. The van der Waals surface area contributed by atoms with E-state index in [1.54, 1.807) is 12.1 Å². The van der Waals surface area contributed by atoms with Gasteiger partial charge in [0.15, 0.2) is 0 Å². The van der Waals surface area contributed by atoms with Gasteiger partial charge in [0.1, 0.15) is 5.75 Å². The molecule has 1 heterocycles. The predicted molar refractivity (Wildman–Crippen MR) is 72.2 cm³/mol. The molecule has 0 saturated carbocycles. The largest absolute Gasteiger partial charge is 0.433 e. The molecule has 1 atom stereocenters. The van der Waals surface area contributed by atoms with Crippen LogP contribution in [0.25, 0.3) is 0 Å². The maximum Gasteiger partial charge on any atom is 0.387 e. The lowest BCUT2D eigenvalue weighted by molar-refractivity contribution is -0.0497. The lowest BCUT2D eigenvalue weighted by Gasteiger charge is -2.31. The van der Waals surface area contributed by atoms with Crippen molar-refractivity contribution in [1.82, 2.24) is 4.90 Å². The van der Waals surface area contributed by atoms with Crippen LogP contribution in [-0.2, 0) is 0 Å². The maximum absolute atomic E-state index is 12.1. The highest BCUT2D eigenvalue weighted by Gasteiger charge is 2.17. The molecule has 0 amide bonds. The van der Waals surface area contributed by atoms with Gasteiger partial charge >= 0.3 is 6.61 Å². The van der Waals surface area contributed by atoms with Crippen molar-refractivity contribution in [3.63, 3.8) is 0 Å². The van der Waals surface area contributed by atoms with Gasteiger partial charge in [0.05, 0.1) is 5.02 Å². The van der Waals surface area contributed by atoms with Crippen LogP contribution < -0.4 is 10.1 Å². The van der Waals surface area contributed by atoms with Crippen molar-refractivity contribution in [2.45, 2.75) is 25.5 Å². The maximum atomic E-state index is 12.1. The Balaban J connectivity index is 1.99. The van der Waals surface area contributed by atoms with E-state index in [1.807, 2.05) is 0 Å². The van der Waals surface area contributed by atoms with E-state index in [4.69, 9.17) is 11.6 Å². The summed E-state index contributed by atoms with van der Waals surface area (Å²) in [5.41, 5.74) is 0.826. The molecular weight excluding hydrogens is 274 g/mol. The fourth-order valence-corrected chi connectivity index (χ4v) is 2.53. The molecule has 0 bridgehead atoms.